The number of carbonyl (C=O) groups is 4. The van der Waals surface area contributed by atoms with Crippen LogP contribution in [0.2, 0.25) is 0 Å². The quantitative estimate of drug-likeness (QED) is 0.0222. The Morgan fingerprint density at radius 1 is 0.318 bits per heavy atom. The summed E-state index contributed by atoms with van der Waals surface area (Å²) < 4.78 is 68.0. The van der Waals surface area contributed by atoms with E-state index in [0.717, 1.165) is 96.3 Å². The summed E-state index contributed by atoms with van der Waals surface area (Å²) in [6.07, 6.45) is 44.7. The molecule has 0 aromatic heterocycles. The summed E-state index contributed by atoms with van der Waals surface area (Å²) in [5.74, 6) is -1.47. The summed E-state index contributed by atoms with van der Waals surface area (Å²) in [6.45, 7) is 7.09. The normalized spacial score (nSPS) is 14.2. The molecule has 0 saturated carbocycles. The van der Waals surface area contributed by atoms with Gasteiger partial charge in [0.15, 0.2) is 12.2 Å². The van der Waals surface area contributed by atoms with Crippen LogP contribution in [0.3, 0.4) is 0 Å². The number of phosphoric acid groups is 2. The average Bonchev–Trinajstić information content (AvgIpc) is 3.58. The van der Waals surface area contributed by atoms with Gasteiger partial charge in [0.05, 0.1) is 26.4 Å². The van der Waals surface area contributed by atoms with Gasteiger partial charge in [-0.05, 0) is 31.6 Å². The predicted molar refractivity (Wildman–Crippen MR) is 340 cm³/mol. The maximum absolute atomic E-state index is 13.0. The van der Waals surface area contributed by atoms with Gasteiger partial charge in [-0.15, -0.1) is 0 Å². The van der Waals surface area contributed by atoms with Gasteiger partial charge in [0, 0.05) is 25.7 Å². The molecular formula is C66H128O17P2. The minimum atomic E-state index is -4.95. The number of hydrogen-bond acceptors (Lipinski definition) is 15. The molecule has 5 atom stereocenters. The molecule has 0 aromatic rings. The van der Waals surface area contributed by atoms with Crippen molar-refractivity contribution in [3.8, 4) is 0 Å². The first-order valence-electron chi connectivity index (χ1n) is 34.6. The highest BCUT2D eigenvalue weighted by molar-refractivity contribution is 7.47. The highest BCUT2D eigenvalue weighted by Gasteiger charge is 2.30. The second-order valence-electron chi connectivity index (χ2n) is 24.3. The van der Waals surface area contributed by atoms with E-state index in [1.54, 1.807) is 0 Å². The second-order valence-corrected chi connectivity index (χ2v) is 27.2. The van der Waals surface area contributed by atoms with E-state index in [-0.39, 0.29) is 25.7 Å². The largest absolute Gasteiger partial charge is 0.472 e. The molecule has 0 aliphatic carbocycles. The fourth-order valence-electron chi connectivity index (χ4n) is 9.94. The topological polar surface area (TPSA) is 237 Å². The minimum Gasteiger partial charge on any atom is -0.462 e. The number of unbranched alkanes of at least 4 members (excludes halogenated alkanes) is 38. The van der Waals surface area contributed by atoms with Crippen LogP contribution >= 0.6 is 15.6 Å². The fraction of sp³-hybridized carbons (Fsp3) is 0.939. The van der Waals surface area contributed by atoms with E-state index >= 15 is 0 Å². The van der Waals surface area contributed by atoms with Crippen molar-refractivity contribution in [1.82, 2.24) is 0 Å². The van der Waals surface area contributed by atoms with E-state index in [2.05, 4.69) is 34.6 Å². The Morgan fingerprint density at radius 3 is 0.800 bits per heavy atom. The van der Waals surface area contributed by atoms with E-state index in [1.807, 2.05) is 0 Å². The van der Waals surface area contributed by atoms with Crippen LogP contribution < -0.4 is 0 Å². The van der Waals surface area contributed by atoms with Crippen LogP contribution in [0.5, 0.6) is 0 Å². The highest BCUT2D eigenvalue weighted by Crippen LogP contribution is 2.45. The lowest BCUT2D eigenvalue weighted by Gasteiger charge is -2.21. The molecule has 504 valence electrons. The van der Waals surface area contributed by atoms with Crippen LogP contribution in [0, 0.1) is 5.92 Å². The van der Waals surface area contributed by atoms with Gasteiger partial charge in [0.1, 0.15) is 19.3 Å². The van der Waals surface area contributed by atoms with Crippen molar-refractivity contribution in [3.63, 3.8) is 0 Å². The molecule has 0 aromatic carbocycles. The minimum absolute atomic E-state index is 0.102. The first kappa shape index (κ1) is 83.1. The smallest absolute Gasteiger partial charge is 0.462 e. The first-order valence-corrected chi connectivity index (χ1v) is 37.6. The number of aliphatic hydroxyl groups is 1. The summed E-state index contributed by atoms with van der Waals surface area (Å²) in [5, 5.41) is 10.5. The molecule has 0 bridgehead atoms. The highest BCUT2D eigenvalue weighted by atomic mass is 31.2. The van der Waals surface area contributed by atoms with Gasteiger partial charge in [-0.2, -0.15) is 0 Å². The Balaban J connectivity index is 5.19. The van der Waals surface area contributed by atoms with Crippen molar-refractivity contribution in [1.29, 1.82) is 0 Å². The second kappa shape index (κ2) is 59.7. The Morgan fingerprint density at radius 2 is 0.541 bits per heavy atom. The number of carbonyl (C=O) groups excluding carboxylic acids is 4. The summed E-state index contributed by atoms with van der Waals surface area (Å²) in [5.41, 5.74) is 0. The molecule has 0 fully saturated rings. The van der Waals surface area contributed by atoms with Gasteiger partial charge in [-0.1, -0.05) is 285 Å². The van der Waals surface area contributed by atoms with Crippen molar-refractivity contribution < 1.29 is 80.2 Å². The molecular weight excluding hydrogens is 1130 g/mol. The predicted octanol–water partition coefficient (Wildman–Crippen LogP) is 18.6. The van der Waals surface area contributed by atoms with Gasteiger partial charge in [-0.3, -0.25) is 37.3 Å². The zero-order valence-electron chi connectivity index (χ0n) is 54.7. The molecule has 2 unspecified atom stereocenters. The lowest BCUT2D eigenvalue weighted by molar-refractivity contribution is -0.161. The van der Waals surface area contributed by atoms with Crippen molar-refractivity contribution in [2.75, 3.05) is 39.6 Å². The molecule has 17 nitrogen and oxygen atoms in total. The SMILES string of the molecule is CCCCCCCCCCCCCCCCCCCC(=O)O[C@H](COC(=O)CCCCCCCCCCCCC)COP(=O)(O)OC[C@@H](O)COP(=O)(O)OC[C@@H](COC(=O)CCCCCCCCCC)OC(=O)CCCCCCCCC(C)C. The van der Waals surface area contributed by atoms with Gasteiger partial charge in [-0.25, -0.2) is 9.13 Å². The number of phosphoric ester groups is 2. The number of esters is 4. The third-order valence-electron chi connectivity index (χ3n) is 15.3. The third-order valence-corrected chi connectivity index (χ3v) is 17.2. The van der Waals surface area contributed by atoms with E-state index in [4.69, 9.17) is 37.0 Å². The van der Waals surface area contributed by atoms with E-state index in [1.165, 1.54) is 154 Å². The Bertz CT molecular complexity index is 1650. The van der Waals surface area contributed by atoms with E-state index in [0.29, 0.717) is 31.6 Å². The van der Waals surface area contributed by atoms with Gasteiger partial charge in [0.2, 0.25) is 0 Å². The molecule has 0 spiro atoms. The Hall–Kier alpha value is -1.94. The van der Waals surface area contributed by atoms with Crippen molar-refractivity contribution >= 4 is 39.5 Å². The molecule has 3 N–H and O–H groups in total. The molecule has 0 saturated heterocycles. The first-order chi connectivity index (χ1) is 41.0. The lowest BCUT2D eigenvalue weighted by atomic mass is 10.0. The molecule has 0 heterocycles. The number of aliphatic hydroxyl groups excluding tert-OH is 1. The Labute approximate surface area is 517 Å². The van der Waals surface area contributed by atoms with Crippen LogP contribution in [0.15, 0.2) is 0 Å². The molecule has 19 heteroatoms. The summed E-state index contributed by atoms with van der Waals surface area (Å²) in [4.78, 5) is 72.2. The van der Waals surface area contributed by atoms with Crippen molar-refractivity contribution in [3.05, 3.63) is 0 Å². The summed E-state index contributed by atoms with van der Waals surface area (Å²) in [6, 6.07) is 0. The summed E-state index contributed by atoms with van der Waals surface area (Å²) in [7, 11) is -9.88. The van der Waals surface area contributed by atoms with Crippen LogP contribution in [-0.2, 0) is 65.4 Å². The third kappa shape index (κ3) is 60.7. The van der Waals surface area contributed by atoms with Crippen LogP contribution in [-0.4, -0.2) is 96.7 Å². The van der Waals surface area contributed by atoms with Crippen LogP contribution in [0.1, 0.15) is 336 Å². The maximum atomic E-state index is 13.0. The molecule has 0 rings (SSSR count). The molecule has 0 radical (unpaired) electrons. The number of ether oxygens (including phenoxy) is 4. The van der Waals surface area contributed by atoms with Crippen LogP contribution in [0.25, 0.3) is 0 Å². The lowest BCUT2D eigenvalue weighted by Crippen LogP contribution is -2.30. The van der Waals surface area contributed by atoms with E-state index in [9.17, 15) is 43.2 Å². The molecule has 0 aliphatic heterocycles. The molecule has 85 heavy (non-hydrogen) atoms. The van der Waals surface area contributed by atoms with Crippen molar-refractivity contribution in [2.45, 2.75) is 355 Å². The zero-order chi connectivity index (χ0) is 62.8. The molecule has 0 aliphatic rings. The van der Waals surface area contributed by atoms with Gasteiger partial charge in [0.25, 0.3) is 0 Å². The van der Waals surface area contributed by atoms with E-state index < -0.39 is 97.5 Å². The van der Waals surface area contributed by atoms with Crippen molar-refractivity contribution in [2.24, 2.45) is 5.92 Å². The average molecular weight is 1260 g/mol. The summed E-state index contributed by atoms with van der Waals surface area (Å²) >= 11 is 0. The molecule has 0 amide bonds. The Kier molecular flexibility index (Phi) is 58.3. The monoisotopic (exact) mass is 1250 g/mol. The van der Waals surface area contributed by atoms with Gasteiger partial charge >= 0.3 is 39.5 Å². The fourth-order valence-corrected chi connectivity index (χ4v) is 11.5. The standard InChI is InChI=1S/C66H128O17P2/c1-6-9-12-15-18-21-23-24-25-26-27-28-30-32-35-41-46-51-65(70)82-61(55-77-64(69)50-45-40-34-31-29-22-19-16-13-10-7-2)57-80-84(72,73)78-53-60(67)54-79-85(74,75)81-58-62(56-76-63(68)49-44-39-33-20-17-14-11-8-3)83-66(71)52-47-42-37-36-38-43-48-59(4)5/h59-62,67H,6-58H2,1-5H3,(H,72,73)(H,74,75)/t60-,61-,62-/m1/s1. The van der Waals surface area contributed by atoms with Crippen LogP contribution in [0.4, 0.5) is 0 Å². The number of hydrogen-bond donors (Lipinski definition) is 3. The zero-order valence-corrected chi connectivity index (χ0v) is 56.5. The maximum Gasteiger partial charge on any atom is 0.472 e. The van der Waals surface area contributed by atoms with Gasteiger partial charge < -0.3 is 33.8 Å². The number of rotatable bonds is 66.